The lowest BCUT2D eigenvalue weighted by molar-refractivity contribution is -0.123. The van der Waals surface area contributed by atoms with Gasteiger partial charge in [0, 0.05) is 5.56 Å². The third-order valence-corrected chi connectivity index (χ3v) is 3.31. The molecule has 2 aromatic carbocycles. The lowest BCUT2D eigenvalue weighted by Crippen LogP contribution is -2.24. The van der Waals surface area contributed by atoms with Crippen molar-refractivity contribution in [2.75, 3.05) is 27.9 Å². The normalized spacial score (nSPS) is 10.5. The van der Waals surface area contributed by atoms with E-state index >= 15 is 0 Å². The van der Waals surface area contributed by atoms with Gasteiger partial charge in [0.05, 0.1) is 27.5 Å². The van der Waals surface area contributed by atoms with Crippen LogP contribution in [0.3, 0.4) is 0 Å². The highest BCUT2D eigenvalue weighted by molar-refractivity contribution is 5.87. The van der Waals surface area contributed by atoms with E-state index in [1.807, 2.05) is 0 Å². The van der Waals surface area contributed by atoms with Crippen molar-refractivity contribution in [2.24, 2.45) is 5.10 Å². The minimum absolute atomic E-state index is 0.258. The van der Waals surface area contributed by atoms with Crippen molar-refractivity contribution < 1.29 is 28.1 Å². The molecular formula is C18H19FN2O5. The Morgan fingerprint density at radius 1 is 1.04 bits per heavy atom. The summed E-state index contributed by atoms with van der Waals surface area (Å²) < 4.78 is 33.8. The van der Waals surface area contributed by atoms with Gasteiger partial charge in [0.1, 0.15) is 11.6 Å². The van der Waals surface area contributed by atoms with Crippen LogP contribution in [0.15, 0.2) is 41.5 Å². The average molecular weight is 362 g/mol. The summed E-state index contributed by atoms with van der Waals surface area (Å²) in [4.78, 5) is 11.8. The summed E-state index contributed by atoms with van der Waals surface area (Å²) >= 11 is 0. The van der Waals surface area contributed by atoms with Crippen LogP contribution in [0.25, 0.3) is 0 Å². The first-order valence-corrected chi connectivity index (χ1v) is 7.58. The topological polar surface area (TPSA) is 78.4 Å². The first kappa shape index (κ1) is 19.0. The summed E-state index contributed by atoms with van der Waals surface area (Å²) in [5, 5.41) is 3.87. The van der Waals surface area contributed by atoms with Crippen LogP contribution in [0, 0.1) is 5.82 Å². The second kappa shape index (κ2) is 9.26. The molecule has 0 saturated carbocycles. The van der Waals surface area contributed by atoms with Crippen molar-refractivity contribution >= 4 is 12.1 Å². The number of amides is 1. The Bertz CT molecular complexity index is 778. The van der Waals surface area contributed by atoms with Crippen molar-refractivity contribution in [1.29, 1.82) is 0 Å². The van der Waals surface area contributed by atoms with Crippen molar-refractivity contribution in [3.05, 3.63) is 47.8 Å². The smallest absolute Gasteiger partial charge is 0.277 e. The highest BCUT2D eigenvalue weighted by atomic mass is 19.1. The van der Waals surface area contributed by atoms with Crippen LogP contribution in [0.4, 0.5) is 4.39 Å². The van der Waals surface area contributed by atoms with E-state index in [2.05, 4.69) is 10.5 Å². The molecule has 7 nitrogen and oxygen atoms in total. The number of carbonyl (C=O) groups excluding carboxylic acids is 1. The molecule has 2 rings (SSSR count). The van der Waals surface area contributed by atoms with Gasteiger partial charge in [0.2, 0.25) is 5.75 Å². The van der Waals surface area contributed by atoms with E-state index in [9.17, 15) is 9.18 Å². The van der Waals surface area contributed by atoms with Crippen molar-refractivity contribution in [1.82, 2.24) is 5.43 Å². The summed E-state index contributed by atoms with van der Waals surface area (Å²) in [6.07, 6.45) is 1.41. The number of methoxy groups -OCH3 is 3. The number of nitrogens with zero attached hydrogens (tertiary/aromatic N) is 1. The predicted molar refractivity (Wildman–Crippen MR) is 93.7 cm³/mol. The van der Waals surface area contributed by atoms with Gasteiger partial charge in [-0.25, -0.2) is 9.82 Å². The zero-order valence-corrected chi connectivity index (χ0v) is 14.6. The highest BCUT2D eigenvalue weighted by Gasteiger charge is 2.14. The number of carbonyl (C=O) groups is 1. The molecule has 0 aliphatic carbocycles. The van der Waals surface area contributed by atoms with E-state index in [-0.39, 0.29) is 12.4 Å². The monoisotopic (exact) mass is 362 g/mol. The van der Waals surface area contributed by atoms with Gasteiger partial charge >= 0.3 is 0 Å². The van der Waals surface area contributed by atoms with Crippen LogP contribution in [0.1, 0.15) is 5.56 Å². The minimum atomic E-state index is -0.468. The first-order valence-electron chi connectivity index (χ1n) is 7.58. The van der Waals surface area contributed by atoms with Gasteiger partial charge in [-0.15, -0.1) is 0 Å². The number of hydrogen-bond acceptors (Lipinski definition) is 6. The second-order valence-electron chi connectivity index (χ2n) is 4.96. The molecule has 0 spiro atoms. The number of halogens is 1. The maximum Gasteiger partial charge on any atom is 0.277 e. The van der Waals surface area contributed by atoms with Crippen LogP contribution in [0.5, 0.6) is 23.0 Å². The summed E-state index contributed by atoms with van der Waals surface area (Å²) in [6.45, 7) is -0.258. The molecule has 0 saturated heterocycles. The fourth-order valence-electron chi connectivity index (χ4n) is 2.11. The maximum atomic E-state index is 12.8. The molecule has 8 heteroatoms. The van der Waals surface area contributed by atoms with Crippen molar-refractivity contribution in [3.8, 4) is 23.0 Å². The lowest BCUT2D eigenvalue weighted by atomic mass is 10.2. The second-order valence-corrected chi connectivity index (χ2v) is 4.96. The Morgan fingerprint density at radius 3 is 2.35 bits per heavy atom. The maximum absolute atomic E-state index is 12.8. The number of hydrazone groups is 1. The molecule has 0 aromatic heterocycles. The standard InChI is InChI=1S/C18H19FN2O5/c1-23-15-9-4-12(17(24-2)18(15)25-3)10-20-21-16(22)11-26-14-7-5-13(19)6-8-14/h4-10H,11H2,1-3H3,(H,21,22)/b20-10-. The van der Waals surface area contributed by atoms with E-state index in [1.54, 1.807) is 12.1 Å². The Morgan fingerprint density at radius 2 is 1.73 bits per heavy atom. The molecule has 1 amide bonds. The highest BCUT2D eigenvalue weighted by Crippen LogP contribution is 2.38. The SMILES string of the molecule is COc1ccc(/C=N\NC(=O)COc2ccc(F)cc2)c(OC)c1OC. The van der Waals surface area contributed by atoms with Gasteiger partial charge in [-0.05, 0) is 36.4 Å². The van der Waals surface area contributed by atoms with Gasteiger partial charge in [0.15, 0.2) is 18.1 Å². The van der Waals surface area contributed by atoms with Crippen LogP contribution in [-0.2, 0) is 4.79 Å². The van der Waals surface area contributed by atoms with Crippen LogP contribution in [-0.4, -0.2) is 40.1 Å². The molecule has 0 atom stereocenters. The van der Waals surface area contributed by atoms with E-state index in [0.717, 1.165) is 0 Å². The van der Waals surface area contributed by atoms with Crippen molar-refractivity contribution in [2.45, 2.75) is 0 Å². The third-order valence-electron chi connectivity index (χ3n) is 3.31. The summed E-state index contributed by atoms with van der Waals surface area (Å²) in [5.74, 6) is 0.892. The minimum Gasteiger partial charge on any atom is -0.493 e. The molecule has 0 fully saturated rings. The van der Waals surface area contributed by atoms with E-state index in [4.69, 9.17) is 18.9 Å². The Kier molecular flexibility index (Phi) is 6.78. The predicted octanol–water partition coefficient (Wildman–Crippen LogP) is 2.38. The van der Waals surface area contributed by atoms with Gasteiger partial charge in [-0.3, -0.25) is 4.79 Å². The van der Waals surface area contributed by atoms with Crippen LogP contribution >= 0.6 is 0 Å². The molecule has 0 radical (unpaired) electrons. The number of nitrogens with one attached hydrogen (secondary N) is 1. The Labute approximate surface area is 150 Å². The molecule has 1 N–H and O–H groups in total. The third kappa shape index (κ3) is 4.85. The molecule has 26 heavy (non-hydrogen) atoms. The zero-order valence-electron chi connectivity index (χ0n) is 14.6. The van der Waals surface area contributed by atoms with E-state index < -0.39 is 5.91 Å². The molecule has 0 aliphatic rings. The number of hydrogen-bond donors (Lipinski definition) is 1. The number of rotatable bonds is 8. The van der Waals surface area contributed by atoms with Crippen molar-refractivity contribution in [3.63, 3.8) is 0 Å². The largest absolute Gasteiger partial charge is 0.493 e. The average Bonchev–Trinajstić information content (AvgIpc) is 2.66. The molecule has 2 aromatic rings. The molecule has 0 unspecified atom stereocenters. The van der Waals surface area contributed by atoms with E-state index in [1.165, 1.54) is 51.8 Å². The molecule has 0 heterocycles. The molecule has 0 aliphatic heterocycles. The van der Waals surface area contributed by atoms with Gasteiger partial charge in [0.25, 0.3) is 5.91 Å². The van der Waals surface area contributed by atoms with Crippen LogP contribution < -0.4 is 24.4 Å². The fraction of sp³-hybridized carbons (Fsp3) is 0.222. The van der Waals surface area contributed by atoms with Gasteiger partial charge < -0.3 is 18.9 Å². The molecule has 0 bridgehead atoms. The number of benzene rings is 2. The molecule has 138 valence electrons. The summed E-state index contributed by atoms with van der Waals surface area (Å²) in [5.41, 5.74) is 2.92. The fourth-order valence-corrected chi connectivity index (χ4v) is 2.11. The van der Waals surface area contributed by atoms with Crippen LogP contribution in [0.2, 0.25) is 0 Å². The zero-order chi connectivity index (χ0) is 18.9. The number of ether oxygens (including phenoxy) is 4. The Hall–Kier alpha value is -3.29. The van der Waals surface area contributed by atoms with Gasteiger partial charge in [-0.2, -0.15) is 5.10 Å². The summed E-state index contributed by atoms with van der Waals surface area (Å²) in [6, 6.07) is 8.76. The first-order chi connectivity index (χ1) is 12.6. The molecular weight excluding hydrogens is 343 g/mol. The quantitative estimate of drug-likeness (QED) is 0.576. The Balaban J connectivity index is 1.97. The van der Waals surface area contributed by atoms with Gasteiger partial charge in [-0.1, -0.05) is 0 Å². The van der Waals surface area contributed by atoms with E-state index in [0.29, 0.717) is 28.6 Å². The lowest BCUT2D eigenvalue weighted by Gasteiger charge is -2.13. The summed E-state index contributed by atoms with van der Waals surface area (Å²) in [7, 11) is 4.51.